The number of benzene rings is 3. The molecule has 2 heteroatoms. The van der Waals surface area contributed by atoms with Gasteiger partial charge in [0.05, 0.1) is 13.2 Å². The smallest absolute Gasteiger partial charge is 0.135 e. The Balaban J connectivity index is 2.02. The lowest BCUT2D eigenvalue weighted by molar-refractivity contribution is 0.326. The molecule has 0 bridgehead atoms. The number of hydrogen-bond acceptors (Lipinski definition) is 2. The average molecular weight is 375 g/mol. The number of hydrogen-bond donors (Lipinski definition) is 0. The Kier molecular flexibility index (Phi) is 6.76. The van der Waals surface area contributed by atoms with Crippen LogP contribution in [0.4, 0.5) is 0 Å². The van der Waals surface area contributed by atoms with Crippen molar-refractivity contribution in [1.82, 2.24) is 0 Å². The Hall–Kier alpha value is -2.74. The van der Waals surface area contributed by atoms with E-state index in [9.17, 15) is 0 Å². The van der Waals surface area contributed by atoms with Crippen molar-refractivity contribution in [3.05, 3.63) is 71.8 Å². The van der Waals surface area contributed by atoms with Gasteiger partial charge < -0.3 is 9.47 Å². The van der Waals surface area contributed by atoms with E-state index in [2.05, 4.69) is 88.4 Å². The molecule has 0 aliphatic rings. The lowest BCUT2D eigenvalue weighted by Crippen LogP contribution is -2.01. The summed E-state index contributed by atoms with van der Waals surface area (Å²) in [4.78, 5) is 0. The van der Waals surface area contributed by atoms with Crippen LogP contribution in [0.3, 0.4) is 0 Å². The van der Waals surface area contributed by atoms with E-state index in [4.69, 9.17) is 9.47 Å². The van der Waals surface area contributed by atoms with E-state index in [1.807, 2.05) is 0 Å². The minimum absolute atomic E-state index is 0.667. The van der Waals surface area contributed by atoms with Crippen LogP contribution in [0.2, 0.25) is 0 Å². The van der Waals surface area contributed by atoms with Gasteiger partial charge >= 0.3 is 0 Å². The first kappa shape index (κ1) is 20.0. The van der Waals surface area contributed by atoms with Gasteiger partial charge in [0.2, 0.25) is 0 Å². The van der Waals surface area contributed by atoms with Crippen LogP contribution in [0.25, 0.3) is 21.5 Å². The molecule has 0 saturated heterocycles. The molecule has 0 fully saturated rings. The van der Waals surface area contributed by atoms with Crippen molar-refractivity contribution < 1.29 is 9.47 Å². The van der Waals surface area contributed by atoms with Crippen molar-refractivity contribution in [2.45, 2.75) is 40.5 Å². The molecule has 0 heterocycles. The van der Waals surface area contributed by atoms with E-state index < -0.39 is 0 Å². The second kappa shape index (κ2) is 9.45. The molecular formula is C26H30O2. The normalized spacial score (nSPS) is 10.7. The molecule has 3 aromatic rings. The molecule has 0 amide bonds. The van der Waals surface area contributed by atoms with Crippen LogP contribution in [0, 0.1) is 0 Å². The standard InChI is InChI=1S/C26H30O2/c1-19(2)11-9-17-27-25-21-13-5-7-15-23(21)26(28-18-10-12-20(3)4)24-16-8-6-14-22(24)25/h5-8,11-16H,9-10,17-18H2,1-4H3. The molecule has 0 spiro atoms. The zero-order valence-corrected chi connectivity index (χ0v) is 17.4. The summed E-state index contributed by atoms with van der Waals surface area (Å²) in [6.07, 6.45) is 6.24. The monoisotopic (exact) mass is 374 g/mol. The van der Waals surface area contributed by atoms with Crippen LogP contribution in [0.15, 0.2) is 71.8 Å². The molecule has 0 radical (unpaired) electrons. The van der Waals surface area contributed by atoms with Gasteiger partial charge in [0.15, 0.2) is 0 Å². The molecule has 146 valence electrons. The highest BCUT2D eigenvalue weighted by Gasteiger charge is 2.15. The highest BCUT2D eigenvalue weighted by Crippen LogP contribution is 2.42. The zero-order valence-electron chi connectivity index (χ0n) is 17.4. The zero-order chi connectivity index (χ0) is 19.9. The molecule has 0 atom stereocenters. The fourth-order valence-electron chi connectivity index (χ4n) is 3.38. The minimum atomic E-state index is 0.667. The van der Waals surface area contributed by atoms with Crippen LogP contribution >= 0.6 is 0 Å². The molecule has 0 N–H and O–H groups in total. The van der Waals surface area contributed by atoms with Gasteiger partial charge in [0, 0.05) is 21.5 Å². The Morgan fingerprint density at radius 2 is 0.929 bits per heavy atom. The fraction of sp³-hybridized carbons (Fsp3) is 0.308. The first-order valence-corrected chi connectivity index (χ1v) is 10.0. The third kappa shape index (κ3) is 4.75. The lowest BCUT2D eigenvalue weighted by Gasteiger charge is -2.17. The number of ether oxygens (including phenoxy) is 2. The van der Waals surface area contributed by atoms with Crippen molar-refractivity contribution in [3.8, 4) is 11.5 Å². The molecule has 3 aromatic carbocycles. The Morgan fingerprint density at radius 1 is 0.607 bits per heavy atom. The summed E-state index contributed by atoms with van der Waals surface area (Å²) in [6, 6.07) is 16.8. The third-order valence-electron chi connectivity index (χ3n) is 4.67. The molecule has 2 nitrogen and oxygen atoms in total. The van der Waals surface area contributed by atoms with Crippen molar-refractivity contribution in [2.75, 3.05) is 13.2 Å². The van der Waals surface area contributed by atoms with Crippen LogP contribution in [-0.4, -0.2) is 13.2 Å². The van der Waals surface area contributed by atoms with Gasteiger partial charge in [0.25, 0.3) is 0 Å². The minimum Gasteiger partial charge on any atom is -0.492 e. The molecule has 0 aliphatic heterocycles. The largest absolute Gasteiger partial charge is 0.492 e. The van der Waals surface area contributed by atoms with Gasteiger partial charge in [-0.05, 0) is 40.5 Å². The predicted molar refractivity (Wildman–Crippen MR) is 121 cm³/mol. The summed E-state index contributed by atoms with van der Waals surface area (Å²) >= 11 is 0. The van der Waals surface area contributed by atoms with Crippen LogP contribution in [-0.2, 0) is 0 Å². The summed E-state index contributed by atoms with van der Waals surface area (Å²) in [5, 5.41) is 4.43. The average Bonchev–Trinajstić information content (AvgIpc) is 2.68. The van der Waals surface area contributed by atoms with Crippen molar-refractivity contribution in [3.63, 3.8) is 0 Å². The van der Waals surface area contributed by atoms with Crippen LogP contribution in [0.1, 0.15) is 40.5 Å². The summed E-state index contributed by atoms with van der Waals surface area (Å²) in [7, 11) is 0. The first-order chi connectivity index (χ1) is 13.6. The Morgan fingerprint density at radius 3 is 1.21 bits per heavy atom. The van der Waals surface area contributed by atoms with Gasteiger partial charge in [-0.3, -0.25) is 0 Å². The second-order valence-electron chi connectivity index (χ2n) is 7.59. The van der Waals surface area contributed by atoms with Crippen LogP contribution in [0.5, 0.6) is 11.5 Å². The highest BCUT2D eigenvalue weighted by molar-refractivity contribution is 6.11. The number of fused-ring (bicyclic) bond motifs is 2. The molecule has 0 unspecified atom stereocenters. The number of allylic oxidation sites excluding steroid dienone is 2. The Bertz CT molecular complexity index is 865. The maximum absolute atomic E-state index is 6.29. The first-order valence-electron chi connectivity index (χ1n) is 10.0. The van der Waals surface area contributed by atoms with Gasteiger partial charge in [-0.15, -0.1) is 0 Å². The van der Waals surface area contributed by atoms with Crippen LogP contribution < -0.4 is 9.47 Å². The molecule has 28 heavy (non-hydrogen) atoms. The maximum atomic E-state index is 6.29. The molecule has 0 aromatic heterocycles. The van der Waals surface area contributed by atoms with Crippen molar-refractivity contribution in [2.24, 2.45) is 0 Å². The molecule has 0 saturated carbocycles. The SMILES string of the molecule is CC(C)=CCCOc1c2ccccc2c(OCCC=C(C)C)c2ccccc12. The third-order valence-corrected chi connectivity index (χ3v) is 4.67. The van der Waals surface area contributed by atoms with Crippen molar-refractivity contribution in [1.29, 1.82) is 0 Å². The summed E-state index contributed by atoms with van der Waals surface area (Å²) in [5.74, 6) is 1.90. The second-order valence-corrected chi connectivity index (χ2v) is 7.59. The summed E-state index contributed by atoms with van der Waals surface area (Å²) in [6.45, 7) is 9.80. The van der Waals surface area contributed by atoms with E-state index in [1.54, 1.807) is 0 Å². The maximum Gasteiger partial charge on any atom is 0.135 e. The van der Waals surface area contributed by atoms with Crippen molar-refractivity contribution >= 4 is 21.5 Å². The van der Waals surface area contributed by atoms with Gasteiger partial charge in [-0.25, -0.2) is 0 Å². The van der Waals surface area contributed by atoms with Gasteiger partial charge in [-0.1, -0.05) is 71.8 Å². The highest BCUT2D eigenvalue weighted by atomic mass is 16.5. The van der Waals surface area contributed by atoms with E-state index in [1.165, 1.54) is 11.1 Å². The van der Waals surface area contributed by atoms with E-state index in [0.29, 0.717) is 13.2 Å². The molecular weight excluding hydrogens is 344 g/mol. The quantitative estimate of drug-likeness (QED) is 0.231. The summed E-state index contributed by atoms with van der Waals surface area (Å²) in [5.41, 5.74) is 2.64. The Labute approximate surface area is 168 Å². The number of rotatable bonds is 8. The van der Waals surface area contributed by atoms with E-state index >= 15 is 0 Å². The lowest BCUT2D eigenvalue weighted by atomic mass is 10.0. The predicted octanol–water partition coefficient (Wildman–Crippen LogP) is 7.46. The topological polar surface area (TPSA) is 18.5 Å². The fourth-order valence-corrected chi connectivity index (χ4v) is 3.38. The van der Waals surface area contributed by atoms with Gasteiger partial charge in [0.1, 0.15) is 11.5 Å². The van der Waals surface area contributed by atoms with E-state index in [0.717, 1.165) is 45.9 Å². The molecule has 3 rings (SSSR count). The molecule has 0 aliphatic carbocycles. The van der Waals surface area contributed by atoms with Gasteiger partial charge in [-0.2, -0.15) is 0 Å². The summed E-state index contributed by atoms with van der Waals surface area (Å²) < 4.78 is 12.6. The van der Waals surface area contributed by atoms with E-state index in [-0.39, 0.29) is 0 Å².